The van der Waals surface area contributed by atoms with E-state index in [4.69, 9.17) is 0 Å². The molecule has 0 saturated heterocycles. The molecule has 1 N–H and O–H groups in total. The molecule has 5 nitrogen and oxygen atoms in total. The van der Waals surface area contributed by atoms with Crippen molar-refractivity contribution in [3.8, 4) is 0 Å². The Morgan fingerprint density at radius 1 is 1.92 bits per heavy atom. The molecule has 0 aliphatic rings. The Balaban J connectivity index is 2.77. The predicted molar refractivity (Wildman–Crippen MR) is 54.0 cm³/mol. The molecule has 8 heteroatoms. The number of thiol groups is 1. The standard InChI is InChI=1S/C4H3N3O2S3/c8-7(9)2-1-5-3(12-2)6-4(10)11/h1H,(H2,5,6,10,11). The van der Waals surface area contributed by atoms with Crippen LogP contribution < -0.4 is 5.32 Å². The molecule has 0 fully saturated rings. The molecule has 0 unspecified atom stereocenters. The Morgan fingerprint density at radius 2 is 2.58 bits per heavy atom. The fourth-order valence-corrected chi connectivity index (χ4v) is 1.48. The summed E-state index contributed by atoms with van der Waals surface area (Å²) in [6.45, 7) is 0. The minimum atomic E-state index is -0.510. The fraction of sp³-hybridized carbons (Fsp3) is 0. The van der Waals surface area contributed by atoms with Gasteiger partial charge in [0.15, 0.2) is 5.13 Å². The molecule has 0 aliphatic heterocycles. The van der Waals surface area contributed by atoms with Crippen molar-refractivity contribution in [1.82, 2.24) is 4.98 Å². The maximum atomic E-state index is 10.2. The summed E-state index contributed by atoms with van der Waals surface area (Å²) in [5.74, 6) is 0. The van der Waals surface area contributed by atoms with Crippen molar-refractivity contribution in [3.05, 3.63) is 16.3 Å². The van der Waals surface area contributed by atoms with Crippen molar-refractivity contribution < 1.29 is 4.92 Å². The van der Waals surface area contributed by atoms with E-state index >= 15 is 0 Å². The van der Waals surface area contributed by atoms with Crippen LogP contribution in [0, 0.1) is 10.1 Å². The third-order valence-corrected chi connectivity index (χ3v) is 1.97. The van der Waals surface area contributed by atoms with E-state index in [1.807, 2.05) is 0 Å². The lowest BCUT2D eigenvalue weighted by atomic mass is 10.9. The first-order valence-electron chi connectivity index (χ1n) is 2.70. The zero-order chi connectivity index (χ0) is 9.14. The Hall–Kier alpha value is -0.730. The van der Waals surface area contributed by atoms with Crippen LogP contribution in [-0.4, -0.2) is 14.2 Å². The molecule has 0 aliphatic carbocycles. The van der Waals surface area contributed by atoms with E-state index in [1.165, 1.54) is 6.20 Å². The average molecular weight is 221 g/mol. The largest absolute Gasteiger partial charge is 0.345 e. The minimum Gasteiger partial charge on any atom is -0.317 e. The second-order valence-corrected chi connectivity index (χ2v) is 3.86. The molecule has 12 heavy (non-hydrogen) atoms. The van der Waals surface area contributed by atoms with Crippen LogP contribution in [0.5, 0.6) is 0 Å². The van der Waals surface area contributed by atoms with Gasteiger partial charge in [0.05, 0.1) is 4.92 Å². The van der Waals surface area contributed by atoms with E-state index in [2.05, 4.69) is 35.1 Å². The highest BCUT2D eigenvalue weighted by molar-refractivity contribution is 8.11. The number of hydrogen-bond donors (Lipinski definition) is 2. The molecule has 0 radical (unpaired) electrons. The minimum absolute atomic E-state index is 0.0258. The molecule has 0 aromatic carbocycles. The summed E-state index contributed by atoms with van der Waals surface area (Å²) in [5.41, 5.74) is 0. The molecule has 0 bridgehead atoms. The van der Waals surface area contributed by atoms with E-state index in [1.54, 1.807) is 0 Å². The first-order valence-corrected chi connectivity index (χ1v) is 4.37. The fourth-order valence-electron chi connectivity index (χ4n) is 0.499. The lowest BCUT2D eigenvalue weighted by Crippen LogP contribution is -1.99. The van der Waals surface area contributed by atoms with Crippen LogP contribution in [0.2, 0.25) is 0 Å². The van der Waals surface area contributed by atoms with Gasteiger partial charge >= 0.3 is 5.00 Å². The zero-order valence-electron chi connectivity index (χ0n) is 5.55. The number of aromatic nitrogens is 1. The van der Waals surface area contributed by atoms with Gasteiger partial charge in [-0.25, -0.2) is 4.98 Å². The van der Waals surface area contributed by atoms with Crippen LogP contribution in [0.15, 0.2) is 6.20 Å². The van der Waals surface area contributed by atoms with E-state index in [-0.39, 0.29) is 9.32 Å². The summed E-state index contributed by atoms with van der Waals surface area (Å²) < 4.78 is 0.235. The lowest BCUT2D eigenvalue weighted by Gasteiger charge is -1.92. The number of hydrogen-bond acceptors (Lipinski definition) is 5. The van der Waals surface area contributed by atoms with Gasteiger partial charge in [-0.1, -0.05) is 12.2 Å². The van der Waals surface area contributed by atoms with Crippen molar-refractivity contribution in [2.45, 2.75) is 0 Å². The Bertz CT molecular complexity index is 323. The third kappa shape index (κ3) is 2.40. The normalized spacial score (nSPS) is 9.42. The summed E-state index contributed by atoms with van der Waals surface area (Å²) in [6, 6.07) is 0. The number of nitro groups is 1. The number of rotatable bonds is 2. The van der Waals surface area contributed by atoms with Gasteiger partial charge in [0.2, 0.25) is 0 Å². The average Bonchev–Trinajstić information content (AvgIpc) is 2.34. The van der Waals surface area contributed by atoms with Crippen LogP contribution in [0.1, 0.15) is 0 Å². The molecule has 0 spiro atoms. The number of thiazole rings is 1. The van der Waals surface area contributed by atoms with Gasteiger partial charge in [0, 0.05) is 0 Å². The summed E-state index contributed by atoms with van der Waals surface area (Å²) in [7, 11) is 0. The quantitative estimate of drug-likeness (QED) is 0.344. The third-order valence-electron chi connectivity index (χ3n) is 0.887. The number of anilines is 1. The number of thiocarbonyl (C=S) groups is 1. The molecule has 64 valence electrons. The molecule has 1 aromatic heterocycles. The van der Waals surface area contributed by atoms with Gasteiger partial charge in [0.25, 0.3) is 0 Å². The van der Waals surface area contributed by atoms with E-state index in [0.717, 1.165) is 11.3 Å². The zero-order valence-corrected chi connectivity index (χ0v) is 8.08. The topological polar surface area (TPSA) is 68.1 Å². The first-order chi connectivity index (χ1) is 5.59. The van der Waals surface area contributed by atoms with Crippen LogP contribution >= 0.6 is 36.2 Å². The molecule has 1 aromatic rings. The first kappa shape index (κ1) is 9.36. The Morgan fingerprint density at radius 3 is 3.00 bits per heavy atom. The van der Waals surface area contributed by atoms with Gasteiger partial charge in [0.1, 0.15) is 10.5 Å². The SMILES string of the molecule is O=[N+]([O-])c1cnc(NC(=S)S)s1. The molecular weight excluding hydrogens is 218 g/mol. The molecule has 0 amide bonds. The molecule has 1 heterocycles. The van der Waals surface area contributed by atoms with Crippen molar-refractivity contribution in [1.29, 1.82) is 0 Å². The molecular formula is C4H3N3O2S3. The van der Waals surface area contributed by atoms with Gasteiger partial charge < -0.3 is 5.32 Å². The number of nitrogens with one attached hydrogen (secondary N) is 1. The Kier molecular flexibility index (Phi) is 2.95. The molecule has 1 rings (SSSR count). The molecule has 0 atom stereocenters. The van der Waals surface area contributed by atoms with Gasteiger partial charge in [-0.2, -0.15) is 0 Å². The van der Waals surface area contributed by atoms with Crippen LogP contribution in [-0.2, 0) is 0 Å². The van der Waals surface area contributed by atoms with Gasteiger partial charge in [-0.05, 0) is 11.3 Å². The predicted octanol–water partition coefficient (Wildman–Crippen LogP) is 1.68. The highest BCUT2D eigenvalue weighted by Gasteiger charge is 2.10. The van der Waals surface area contributed by atoms with E-state index in [0.29, 0.717) is 5.13 Å². The van der Waals surface area contributed by atoms with Gasteiger partial charge in [-0.15, -0.1) is 12.6 Å². The van der Waals surface area contributed by atoms with Crippen LogP contribution in [0.3, 0.4) is 0 Å². The van der Waals surface area contributed by atoms with Crippen molar-refractivity contribution in [3.63, 3.8) is 0 Å². The summed E-state index contributed by atoms with van der Waals surface area (Å²) in [6.07, 6.45) is 1.17. The highest BCUT2D eigenvalue weighted by atomic mass is 32.1. The van der Waals surface area contributed by atoms with Crippen molar-refractivity contribution in [2.24, 2.45) is 0 Å². The monoisotopic (exact) mass is 221 g/mol. The maximum absolute atomic E-state index is 10.2. The van der Waals surface area contributed by atoms with Crippen LogP contribution in [0.25, 0.3) is 0 Å². The van der Waals surface area contributed by atoms with E-state index < -0.39 is 4.92 Å². The van der Waals surface area contributed by atoms with Gasteiger partial charge in [-0.3, -0.25) is 10.1 Å². The summed E-state index contributed by atoms with van der Waals surface area (Å²) >= 11 is 9.30. The van der Waals surface area contributed by atoms with E-state index in [9.17, 15) is 10.1 Å². The van der Waals surface area contributed by atoms with Crippen molar-refractivity contribution in [2.75, 3.05) is 5.32 Å². The summed E-state index contributed by atoms with van der Waals surface area (Å²) in [4.78, 5) is 13.4. The van der Waals surface area contributed by atoms with Crippen LogP contribution in [0.4, 0.5) is 10.1 Å². The summed E-state index contributed by atoms with van der Waals surface area (Å²) in [5, 5.41) is 13.1. The smallest absolute Gasteiger partial charge is 0.317 e. The van der Waals surface area contributed by atoms with Crippen molar-refractivity contribution >= 4 is 50.6 Å². The second-order valence-electron chi connectivity index (χ2n) is 1.69. The Labute approximate surface area is 82.4 Å². The molecule has 0 saturated carbocycles. The lowest BCUT2D eigenvalue weighted by molar-refractivity contribution is -0.380. The maximum Gasteiger partial charge on any atom is 0.345 e. The highest BCUT2D eigenvalue weighted by Crippen LogP contribution is 2.24. The second kappa shape index (κ2) is 3.78. The number of nitrogens with zero attached hydrogens (tertiary/aromatic N) is 2.